The van der Waals surface area contributed by atoms with Gasteiger partial charge in [0, 0.05) is 24.6 Å². The number of carboxylic acids is 1. The summed E-state index contributed by atoms with van der Waals surface area (Å²) in [6.07, 6.45) is 5.08. The summed E-state index contributed by atoms with van der Waals surface area (Å²) in [5.74, 6) is 0.699. The molecule has 1 saturated heterocycles. The van der Waals surface area contributed by atoms with Crippen molar-refractivity contribution in [2.75, 3.05) is 31.2 Å². The molecule has 7 heteroatoms. The first-order chi connectivity index (χ1) is 10.2. The zero-order valence-corrected chi connectivity index (χ0v) is 13.1. The molecule has 0 bridgehead atoms. The number of hydrogen-bond acceptors (Lipinski definition) is 4. The van der Waals surface area contributed by atoms with E-state index in [1.165, 1.54) is 12.8 Å². The summed E-state index contributed by atoms with van der Waals surface area (Å²) in [6.45, 7) is 1.62. The molecule has 1 aliphatic carbocycles. The minimum Gasteiger partial charge on any atom is -0.481 e. The van der Waals surface area contributed by atoms with Crippen molar-refractivity contribution in [3.63, 3.8) is 0 Å². The van der Waals surface area contributed by atoms with Crippen LogP contribution in [0.1, 0.15) is 32.1 Å². The van der Waals surface area contributed by atoms with Gasteiger partial charge in [0.2, 0.25) is 0 Å². The van der Waals surface area contributed by atoms with Gasteiger partial charge in [0.15, 0.2) is 0 Å². The molecule has 1 saturated carbocycles. The first-order valence-corrected chi connectivity index (χ1v) is 8.78. The second-order valence-electron chi connectivity index (χ2n) is 5.53. The molecule has 1 unspecified atom stereocenters. The van der Waals surface area contributed by atoms with Crippen LogP contribution >= 0.6 is 11.8 Å². The van der Waals surface area contributed by atoms with Gasteiger partial charge in [-0.3, -0.25) is 4.79 Å². The largest absolute Gasteiger partial charge is 0.481 e. The standard InChI is InChI=1S/C14H24N2O4S/c17-13(18)9-11-10-21-8-6-16(11)14(19)15-5-7-20-12-3-1-2-4-12/h11-12H,1-10H2,(H,15,19)(H,17,18). The third-order valence-corrected chi connectivity index (χ3v) is 5.02. The minimum atomic E-state index is -0.857. The number of carboxylic acid groups (broad SMARTS) is 1. The average molecular weight is 316 g/mol. The van der Waals surface area contributed by atoms with Gasteiger partial charge in [-0.15, -0.1) is 0 Å². The van der Waals surface area contributed by atoms with E-state index in [0.717, 1.165) is 18.6 Å². The van der Waals surface area contributed by atoms with E-state index in [1.54, 1.807) is 16.7 Å². The Kier molecular flexibility index (Phi) is 6.63. The fourth-order valence-electron chi connectivity index (χ4n) is 2.83. The molecule has 0 aromatic heterocycles. The van der Waals surface area contributed by atoms with Gasteiger partial charge in [-0.2, -0.15) is 11.8 Å². The molecular formula is C14H24N2O4S. The number of carbonyl (C=O) groups is 2. The van der Waals surface area contributed by atoms with Crippen molar-refractivity contribution in [1.29, 1.82) is 0 Å². The molecule has 1 aliphatic heterocycles. The lowest BCUT2D eigenvalue weighted by Gasteiger charge is -2.34. The zero-order valence-electron chi connectivity index (χ0n) is 12.3. The highest BCUT2D eigenvalue weighted by molar-refractivity contribution is 7.99. The summed E-state index contributed by atoms with van der Waals surface area (Å²) in [7, 11) is 0. The molecule has 1 atom stereocenters. The van der Waals surface area contributed by atoms with Crippen molar-refractivity contribution < 1.29 is 19.4 Å². The lowest BCUT2D eigenvalue weighted by atomic mass is 10.2. The average Bonchev–Trinajstić information content (AvgIpc) is 2.96. The Bertz CT molecular complexity index is 361. The van der Waals surface area contributed by atoms with Crippen LogP contribution in [0.25, 0.3) is 0 Å². The van der Waals surface area contributed by atoms with Gasteiger partial charge >= 0.3 is 12.0 Å². The summed E-state index contributed by atoms with van der Waals surface area (Å²) < 4.78 is 5.70. The molecule has 21 heavy (non-hydrogen) atoms. The van der Waals surface area contributed by atoms with Crippen LogP contribution in [0.15, 0.2) is 0 Å². The minimum absolute atomic E-state index is 0.0129. The molecule has 2 fully saturated rings. The molecule has 0 aromatic rings. The summed E-state index contributed by atoms with van der Waals surface area (Å²) in [5.41, 5.74) is 0. The van der Waals surface area contributed by atoms with Gasteiger partial charge in [0.25, 0.3) is 0 Å². The van der Waals surface area contributed by atoms with E-state index in [2.05, 4.69) is 5.32 Å². The molecule has 0 radical (unpaired) electrons. The summed E-state index contributed by atoms with van der Waals surface area (Å²) >= 11 is 1.70. The first-order valence-electron chi connectivity index (χ1n) is 7.62. The van der Waals surface area contributed by atoms with Crippen LogP contribution in [-0.2, 0) is 9.53 Å². The predicted molar refractivity (Wildman–Crippen MR) is 81.7 cm³/mol. The molecule has 1 heterocycles. The van der Waals surface area contributed by atoms with Gasteiger partial charge in [-0.25, -0.2) is 4.79 Å². The second kappa shape index (κ2) is 8.48. The number of hydrogen-bond donors (Lipinski definition) is 2. The second-order valence-corrected chi connectivity index (χ2v) is 6.68. The molecule has 6 nitrogen and oxygen atoms in total. The van der Waals surface area contributed by atoms with E-state index in [0.29, 0.717) is 31.6 Å². The van der Waals surface area contributed by atoms with E-state index in [-0.39, 0.29) is 18.5 Å². The van der Waals surface area contributed by atoms with Crippen LogP contribution in [0.2, 0.25) is 0 Å². The molecule has 2 N–H and O–H groups in total. The maximum Gasteiger partial charge on any atom is 0.317 e. The molecule has 2 aliphatic rings. The molecule has 0 spiro atoms. The number of rotatable bonds is 6. The maximum atomic E-state index is 12.1. The number of nitrogens with zero attached hydrogens (tertiary/aromatic N) is 1. The van der Waals surface area contributed by atoms with E-state index in [9.17, 15) is 9.59 Å². The van der Waals surface area contributed by atoms with Gasteiger partial charge in [-0.1, -0.05) is 12.8 Å². The van der Waals surface area contributed by atoms with Crippen molar-refractivity contribution in [3.8, 4) is 0 Å². The monoisotopic (exact) mass is 316 g/mol. The van der Waals surface area contributed by atoms with Crippen molar-refractivity contribution in [1.82, 2.24) is 10.2 Å². The van der Waals surface area contributed by atoms with Crippen LogP contribution in [0.3, 0.4) is 0 Å². The number of aliphatic carboxylic acids is 1. The zero-order chi connectivity index (χ0) is 15.1. The van der Waals surface area contributed by atoms with Crippen LogP contribution < -0.4 is 5.32 Å². The van der Waals surface area contributed by atoms with Crippen molar-refractivity contribution in [3.05, 3.63) is 0 Å². The van der Waals surface area contributed by atoms with Crippen LogP contribution in [0.4, 0.5) is 4.79 Å². The van der Waals surface area contributed by atoms with E-state index in [4.69, 9.17) is 9.84 Å². The van der Waals surface area contributed by atoms with Crippen molar-refractivity contribution in [2.24, 2.45) is 0 Å². The van der Waals surface area contributed by atoms with Crippen molar-refractivity contribution in [2.45, 2.75) is 44.2 Å². The fraction of sp³-hybridized carbons (Fsp3) is 0.857. The Morgan fingerprint density at radius 1 is 1.33 bits per heavy atom. The number of carbonyl (C=O) groups excluding carboxylic acids is 1. The molecular weight excluding hydrogens is 292 g/mol. The number of nitrogens with one attached hydrogen (secondary N) is 1. The molecule has 2 rings (SSSR count). The van der Waals surface area contributed by atoms with Gasteiger partial charge in [0.1, 0.15) is 0 Å². The third kappa shape index (κ3) is 5.39. The normalized spacial score (nSPS) is 23.2. The van der Waals surface area contributed by atoms with Crippen molar-refractivity contribution >= 4 is 23.8 Å². The van der Waals surface area contributed by atoms with Gasteiger partial charge in [-0.05, 0) is 12.8 Å². The third-order valence-electron chi connectivity index (χ3n) is 3.93. The van der Waals surface area contributed by atoms with Crippen LogP contribution in [-0.4, -0.2) is 65.4 Å². The number of amides is 2. The summed E-state index contributed by atoms with van der Waals surface area (Å²) in [5, 5.41) is 11.8. The number of ether oxygens (including phenoxy) is 1. The Morgan fingerprint density at radius 3 is 2.81 bits per heavy atom. The fourth-order valence-corrected chi connectivity index (χ4v) is 3.90. The lowest BCUT2D eigenvalue weighted by Crippen LogP contribution is -2.51. The van der Waals surface area contributed by atoms with Gasteiger partial charge in [0.05, 0.1) is 25.2 Å². The first kappa shape index (κ1) is 16.4. The number of thioether (sulfide) groups is 1. The Labute approximate surface area is 129 Å². The SMILES string of the molecule is O=C(O)CC1CSCCN1C(=O)NCCOC1CCCC1. The predicted octanol–water partition coefficient (Wildman–Crippen LogP) is 1.55. The Morgan fingerprint density at radius 2 is 2.10 bits per heavy atom. The highest BCUT2D eigenvalue weighted by Gasteiger charge is 2.28. The van der Waals surface area contributed by atoms with E-state index >= 15 is 0 Å². The summed E-state index contributed by atoms with van der Waals surface area (Å²) in [4.78, 5) is 24.7. The Hall–Kier alpha value is -0.950. The van der Waals surface area contributed by atoms with Gasteiger partial charge < -0.3 is 20.1 Å². The topological polar surface area (TPSA) is 78.9 Å². The molecule has 2 amide bonds. The smallest absolute Gasteiger partial charge is 0.317 e. The maximum absolute atomic E-state index is 12.1. The highest BCUT2D eigenvalue weighted by Crippen LogP contribution is 2.21. The highest BCUT2D eigenvalue weighted by atomic mass is 32.2. The summed E-state index contributed by atoms with van der Waals surface area (Å²) in [6, 6.07) is -0.381. The lowest BCUT2D eigenvalue weighted by molar-refractivity contribution is -0.138. The van der Waals surface area contributed by atoms with Crippen LogP contribution in [0, 0.1) is 0 Å². The van der Waals surface area contributed by atoms with E-state index < -0.39 is 5.97 Å². The van der Waals surface area contributed by atoms with E-state index in [1.807, 2.05) is 0 Å². The quantitative estimate of drug-likeness (QED) is 0.727. The molecule has 120 valence electrons. The Balaban J connectivity index is 1.68. The number of urea groups is 1. The molecule has 0 aromatic carbocycles. The van der Waals surface area contributed by atoms with Crippen LogP contribution in [0.5, 0.6) is 0 Å².